The first-order chi connectivity index (χ1) is 20.6. The van der Waals surface area contributed by atoms with E-state index in [0.717, 1.165) is 57.8 Å². The fourth-order valence-corrected chi connectivity index (χ4v) is 4.29. The highest BCUT2D eigenvalue weighted by Crippen LogP contribution is 2.12. The first-order valence-corrected chi connectivity index (χ1v) is 16.8. The molecule has 5 heteroatoms. The molecule has 0 bridgehead atoms. The van der Waals surface area contributed by atoms with Crippen LogP contribution in [-0.4, -0.2) is 36.4 Å². The number of aliphatic hydroxyl groups is 1. The van der Waals surface area contributed by atoms with Crippen molar-refractivity contribution in [2.24, 2.45) is 0 Å². The minimum absolute atomic E-state index is 0.0894. The molecule has 0 aliphatic carbocycles. The summed E-state index contributed by atoms with van der Waals surface area (Å²) in [7, 11) is 0. The molecule has 0 unspecified atom stereocenters. The standard InChI is InChI=1S/C37H62O5/c1-3-5-7-9-11-13-15-16-17-18-19-20-22-24-26-28-30-32-37(40)42-35(33-38)34-41-36(39)31-29-27-25-23-21-14-12-10-8-6-4-2/h5,7,11,13,16-17,19-20,24,26,35,38H,3-4,6,8-10,12,14-15,18,21-23,25,27-34H2,1-2H3/t35-/m0/s1. The van der Waals surface area contributed by atoms with Gasteiger partial charge >= 0.3 is 11.9 Å². The van der Waals surface area contributed by atoms with Crippen molar-refractivity contribution in [3.8, 4) is 0 Å². The van der Waals surface area contributed by atoms with E-state index in [9.17, 15) is 14.7 Å². The summed E-state index contributed by atoms with van der Waals surface area (Å²) in [6.07, 6.45) is 41.3. The third kappa shape index (κ3) is 30.6. The topological polar surface area (TPSA) is 72.8 Å². The number of ether oxygens (including phenoxy) is 2. The van der Waals surface area contributed by atoms with Crippen molar-refractivity contribution in [3.05, 3.63) is 60.8 Å². The average Bonchev–Trinajstić information content (AvgIpc) is 2.99. The molecule has 240 valence electrons. The van der Waals surface area contributed by atoms with Crippen molar-refractivity contribution in [1.82, 2.24) is 0 Å². The largest absolute Gasteiger partial charge is 0.462 e. The zero-order valence-corrected chi connectivity index (χ0v) is 27.0. The third-order valence-corrected chi connectivity index (χ3v) is 6.83. The summed E-state index contributed by atoms with van der Waals surface area (Å²) in [6.45, 7) is 3.94. The van der Waals surface area contributed by atoms with E-state index in [2.05, 4.69) is 74.6 Å². The maximum absolute atomic E-state index is 12.1. The molecule has 0 spiro atoms. The predicted octanol–water partition coefficient (Wildman–Crippen LogP) is 10.1. The number of hydrogen-bond donors (Lipinski definition) is 1. The molecule has 1 N–H and O–H groups in total. The number of carbonyl (C=O) groups is 2. The molecule has 1 atom stereocenters. The highest BCUT2D eigenvalue weighted by Gasteiger charge is 2.15. The second-order valence-corrected chi connectivity index (χ2v) is 10.9. The fourth-order valence-electron chi connectivity index (χ4n) is 4.29. The second kappa shape index (κ2) is 33.1. The van der Waals surface area contributed by atoms with E-state index >= 15 is 0 Å². The highest BCUT2D eigenvalue weighted by molar-refractivity contribution is 5.70. The molecule has 0 radical (unpaired) electrons. The molecule has 0 heterocycles. The monoisotopic (exact) mass is 586 g/mol. The molecular formula is C37H62O5. The van der Waals surface area contributed by atoms with Crippen LogP contribution in [0, 0.1) is 0 Å². The average molecular weight is 587 g/mol. The van der Waals surface area contributed by atoms with E-state index in [4.69, 9.17) is 9.47 Å². The Hall–Kier alpha value is -2.40. The molecule has 0 aromatic carbocycles. The summed E-state index contributed by atoms with van der Waals surface area (Å²) in [5.74, 6) is -0.665. The Morgan fingerprint density at radius 1 is 0.571 bits per heavy atom. The SMILES string of the molecule is CCC=CCC=CCC=CCC=CCC=CCCCC(=O)O[C@@H](CO)COC(=O)CCCCCCCCCCCCC. The Kier molecular flexibility index (Phi) is 31.2. The number of esters is 2. The van der Waals surface area contributed by atoms with Crippen LogP contribution in [0.5, 0.6) is 0 Å². The van der Waals surface area contributed by atoms with Gasteiger partial charge in [0.05, 0.1) is 6.61 Å². The van der Waals surface area contributed by atoms with Gasteiger partial charge in [-0.3, -0.25) is 9.59 Å². The Morgan fingerprint density at radius 2 is 1.02 bits per heavy atom. The van der Waals surface area contributed by atoms with Crippen LogP contribution < -0.4 is 0 Å². The zero-order valence-electron chi connectivity index (χ0n) is 27.0. The van der Waals surface area contributed by atoms with Gasteiger partial charge in [0.2, 0.25) is 0 Å². The van der Waals surface area contributed by atoms with Gasteiger partial charge in [0.1, 0.15) is 6.61 Å². The van der Waals surface area contributed by atoms with Crippen LogP contribution in [0.4, 0.5) is 0 Å². The summed E-state index contributed by atoms with van der Waals surface area (Å²) in [5.41, 5.74) is 0. The smallest absolute Gasteiger partial charge is 0.306 e. The van der Waals surface area contributed by atoms with E-state index in [0.29, 0.717) is 12.8 Å². The van der Waals surface area contributed by atoms with Gasteiger partial charge in [-0.25, -0.2) is 0 Å². The minimum atomic E-state index is -0.799. The van der Waals surface area contributed by atoms with Gasteiger partial charge in [0.15, 0.2) is 6.10 Å². The molecular weight excluding hydrogens is 524 g/mol. The van der Waals surface area contributed by atoms with Gasteiger partial charge in [-0.2, -0.15) is 0 Å². The van der Waals surface area contributed by atoms with Crippen molar-refractivity contribution < 1.29 is 24.2 Å². The summed E-state index contributed by atoms with van der Waals surface area (Å²) in [4.78, 5) is 24.1. The maximum Gasteiger partial charge on any atom is 0.306 e. The molecule has 0 aromatic heterocycles. The molecule has 0 saturated carbocycles. The number of carbonyl (C=O) groups excluding carboxylic acids is 2. The molecule has 0 aromatic rings. The van der Waals surface area contributed by atoms with Gasteiger partial charge in [0.25, 0.3) is 0 Å². The van der Waals surface area contributed by atoms with Crippen molar-refractivity contribution in [2.75, 3.05) is 13.2 Å². The zero-order chi connectivity index (χ0) is 30.8. The van der Waals surface area contributed by atoms with Crippen LogP contribution >= 0.6 is 0 Å². The maximum atomic E-state index is 12.1. The van der Waals surface area contributed by atoms with Gasteiger partial charge < -0.3 is 14.6 Å². The van der Waals surface area contributed by atoms with Crippen molar-refractivity contribution in [2.45, 2.75) is 148 Å². The summed E-state index contributed by atoms with van der Waals surface area (Å²) >= 11 is 0. The Balaban J connectivity index is 3.73. The Bertz CT molecular complexity index is 762. The third-order valence-electron chi connectivity index (χ3n) is 6.83. The number of aliphatic hydroxyl groups excluding tert-OH is 1. The van der Waals surface area contributed by atoms with E-state index in [1.807, 2.05) is 0 Å². The van der Waals surface area contributed by atoms with Gasteiger partial charge in [-0.05, 0) is 51.4 Å². The first-order valence-electron chi connectivity index (χ1n) is 16.8. The minimum Gasteiger partial charge on any atom is -0.462 e. The molecule has 0 rings (SSSR count). The van der Waals surface area contributed by atoms with Crippen LogP contribution in [0.2, 0.25) is 0 Å². The lowest BCUT2D eigenvalue weighted by Gasteiger charge is -2.15. The van der Waals surface area contributed by atoms with E-state index in [1.165, 1.54) is 51.4 Å². The first kappa shape index (κ1) is 39.6. The van der Waals surface area contributed by atoms with Gasteiger partial charge in [-0.1, -0.05) is 139 Å². The number of rotatable bonds is 29. The Morgan fingerprint density at radius 3 is 1.52 bits per heavy atom. The van der Waals surface area contributed by atoms with Gasteiger partial charge in [0, 0.05) is 12.8 Å². The van der Waals surface area contributed by atoms with Crippen LogP contribution in [0.3, 0.4) is 0 Å². The molecule has 0 amide bonds. The van der Waals surface area contributed by atoms with Crippen molar-refractivity contribution >= 4 is 11.9 Å². The highest BCUT2D eigenvalue weighted by atomic mass is 16.6. The lowest BCUT2D eigenvalue weighted by molar-refractivity contribution is -0.161. The molecule has 42 heavy (non-hydrogen) atoms. The lowest BCUT2D eigenvalue weighted by Crippen LogP contribution is -2.28. The van der Waals surface area contributed by atoms with Gasteiger partial charge in [-0.15, -0.1) is 0 Å². The predicted molar refractivity (Wildman–Crippen MR) is 177 cm³/mol. The number of allylic oxidation sites excluding steroid dienone is 10. The summed E-state index contributed by atoms with van der Waals surface area (Å²) in [5, 5.41) is 9.49. The molecule has 0 saturated heterocycles. The molecule has 5 nitrogen and oxygen atoms in total. The quantitative estimate of drug-likeness (QED) is 0.0536. The number of hydrogen-bond acceptors (Lipinski definition) is 5. The summed E-state index contributed by atoms with van der Waals surface area (Å²) in [6, 6.07) is 0. The molecule has 0 aliphatic rings. The van der Waals surface area contributed by atoms with Crippen molar-refractivity contribution in [3.63, 3.8) is 0 Å². The molecule has 0 fully saturated rings. The fraction of sp³-hybridized carbons (Fsp3) is 0.676. The second-order valence-electron chi connectivity index (χ2n) is 10.9. The normalized spacial score (nSPS) is 12.9. The van der Waals surface area contributed by atoms with Crippen molar-refractivity contribution in [1.29, 1.82) is 0 Å². The number of unbranched alkanes of at least 4 members (excludes halogenated alkanes) is 11. The van der Waals surface area contributed by atoms with Crippen LogP contribution in [0.15, 0.2) is 60.8 Å². The van der Waals surface area contributed by atoms with E-state index in [-0.39, 0.29) is 31.6 Å². The van der Waals surface area contributed by atoms with Crippen LogP contribution in [0.1, 0.15) is 142 Å². The van der Waals surface area contributed by atoms with E-state index in [1.54, 1.807) is 0 Å². The lowest BCUT2D eigenvalue weighted by atomic mass is 10.1. The van der Waals surface area contributed by atoms with Crippen LogP contribution in [-0.2, 0) is 19.1 Å². The summed E-state index contributed by atoms with van der Waals surface area (Å²) < 4.78 is 10.5. The van der Waals surface area contributed by atoms with E-state index < -0.39 is 6.10 Å². The van der Waals surface area contributed by atoms with Crippen LogP contribution in [0.25, 0.3) is 0 Å². The molecule has 0 aliphatic heterocycles. The Labute approximate surface area is 258 Å².